The molecule has 4 rings (SSSR count). The largest absolute Gasteiger partial charge is 0.439 e. The molecule has 0 aliphatic rings. The Labute approximate surface area is 193 Å². The third-order valence-electron chi connectivity index (χ3n) is 5.44. The summed E-state index contributed by atoms with van der Waals surface area (Å²) in [6.07, 6.45) is 1.49. The Kier molecular flexibility index (Phi) is 6.32. The second-order valence-electron chi connectivity index (χ2n) is 7.54. The Balaban J connectivity index is 1.63. The van der Waals surface area contributed by atoms with E-state index in [1.54, 1.807) is 30.3 Å². The number of halogens is 1. The number of H-pyrrole nitrogens is 2. The summed E-state index contributed by atoms with van der Waals surface area (Å²) < 4.78 is 4.56. The molecule has 0 spiro atoms. The van der Waals surface area contributed by atoms with Crippen LogP contribution in [0.15, 0.2) is 51.8 Å². The highest BCUT2D eigenvalue weighted by Crippen LogP contribution is 2.29. The summed E-state index contributed by atoms with van der Waals surface area (Å²) in [5.74, 6) is -1.13. The normalized spacial score (nSPS) is 11.2. The van der Waals surface area contributed by atoms with Gasteiger partial charge in [0.2, 0.25) is 5.91 Å². The standard InChI is InChI=1S/C23H22ClN5O4/c1-3-12(4-2)21(30)27-17-7-5-6-13-10-18(25-19(13)17)22(31)26-16-9-8-14(24)11-15(16)20-28-23(32)33-29-20/h5-12,25H,3-4H2,1-2H3,(H,26,31)(H,27,30)(H,28,29,32). The number of hydrogen-bond acceptors (Lipinski definition) is 5. The van der Waals surface area contributed by atoms with Gasteiger partial charge in [0, 0.05) is 21.9 Å². The Hall–Kier alpha value is -3.85. The molecule has 0 unspecified atom stereocenters. The maximum absolute atomic E-state index is 13.0. The lowest BCUT2D eigenvalue weighted by molar-refractivity contribution is -0.120. The van der Waals surface area contributed by atoms with Crippen molar-refractivity contribution < 1.29 is 14.1 Å². The average molecular weight is 468 g/mol. The zero-order valence-corrected chi connectivity index (χ0v) is 18.7. The van der Waals surface area contributed by atoms with Gasteiger partial charge in [-0.1, -0.05) is 42.7 Å². The SMILES string of the molecule is CCC(CC)C(=O)Nc1cccc2cc(C(=O)Nc3ccc(Cl)cc3-c3noc(=O)[nH]3)[nH]c12. The van der Waals surface area contributed by atoms with Crippen molar-refractivity contribution in [2.24, 2.45) is 5.92 Å². The summed E-state index contributed by atoms with van der Waals surface area (Å²) in [6, 6.07) is 11.9. The van der Waals surface area contributed by atoms with E-state index in [0.717, 1.165) is 18.2 Å². The van der Waals surface area contributed by atoms with Crippen LogP contribution in [0.3, 0.4) is 0 Å². The van der Waals surface area contributed by atoms with Gasteiger partial charge in [0.25, 0.3) is 5.91 Å². The summed E-state index contributed by atoms with van der Waals surface area (Å²) in [7, 11) is 0. The fourth-order valence-electron chi connectivity index (χ4n) is 3.63. The fourth-order valence-corrected chi connectivity index (χ4v) is 3.81. The average Bonchev–Trinajstić information content (AvgIpc) is 3.43. The van der Waals surface area contributed by atoms with Crippen molar-refractivity contribution in [3.05, 3.63) is 63.7 Å². The number of aromatic amines is 2. The van der Waals surface area contributed by atoms with Gasteiger partial charge in [-0.15, -0.1) is 0 Å². The number of carbonyl (C=O) groups excluding carboxylic acids is 2. The molecule has 0 bridgehead atoms. The van der Waals surface area contributed by atoms with Crippen molar-refractivity contribution in [3.63, 3.8) is 0 Å². The summed E-state index contributed by atoms with van der Waals surface area (Å²) in [6.45, 7) is 3.95. The fraction of sp³-hybridized carbons (Fsp3) is 0.217. The van der Waals surface area contributed by atoms with Crippen LogP contribution in [0.1, 0.15) is 37.2 Å². The van der Waals surface area contributed by atoms with E-state index >= 15 is 0 Å². The molecular weight excluding hydrogens is 446 g/mol. The van der Waals surface area contributed by atoms with Gasteiger partial charge < -0.3 is 15.6 Å². The van der Waals surface area contributed by atoms with E-state index in [9.17, 15) is 14.4 Å². The molecular formula is C23H22ClN5O4. The van der Waals surface area contributed by atoms with Gasteiger partial charge in [0.05, 0.1) is 16.9 Å². The molecule has 0 saturated carbocycles. The Bertz CT molecular complexity index is 1380. The first-order valence-electron chi connectivity index (χ1n) is 10.5. The molecule has 0 radical (unpaired) electrons. The van der Waals surface area contributed by atoms with Crippen LogP contribution < -0.4 is 16.4 Å². The van der Waals surface area contributed by atoms with Crippen molar-refractivity contribution in [1.29, 1.82) is 0 Å². The number of fused-ring (bicyclic) bond motifs is 1. The summed E-state index contributed by atoms with van der Waals surface area (Å²) in [5, 5.41) is 10.6. The summed E-state index contributed by atoms with van der Waals surface area (Å²) in [4.78, 5) is 42.5. The Morgan fingerprint density at radius 2 is 1.85 bits per heavy atom. The minimum absolute atomic E-state index is 0.0551. The van der Waals surface area contributed by atoms with Gasteiger partial charge in [-0.25, -0.2) is 4.79 Å². The lowest BCUT2D eigenvalue weighted by Crippen LogP contribution is -2.21. The Morgan fingerprint density at radius 1 is 1.06 bits per heavy atom. The number of benzene rings is 2. The summed E-state index contributed by atoms with van der Waals surface area (Å²) in [5.41, 5.74) is 2.34. The van der Waals surface area contributed by atoms with Crippen molar-refractivity contribution in [1.82, 2.24) is 15.1 Å². The van der Waals surface area contributed by atoms with Gasteiger partial charge in [-0.3, -0.25) is 19.1 Å². The second kappa shape index (κ2) is 9.33. The first-order chi connectivity index (χ1) is 15.9. The van der Waals surface area contributed by atoms with E-state index in [1.165, 1.54) is 0 Å². The van der Waals surface area contributed by atoms with Crippen LogP contribution >= 0.6 is 11.6 Å². The van der Waals surface area contributed by atoms with Gasteiger partial charge in [-0.05, 0) is 43.2 Å². The van der Waals surface area contributed by atoms with Crippen molar-refractivity contribution in [3.8, 4) is 11.4 Å². The van der Waals surface area contributed by atoms with Gasteiger partial charge in [0.15, 0.2) is 5.82 Å². The number of amides is 2. The van der Waals surface area contributed by atoms with Crippen LogP contribution in [0.25, 0.3) is 22.3 Å². The molecule has 33 heavy (non-hydrogen) atoms. The van der Waals surface area contributed by atoms with E-state index in [2.05, 4.69) is 30.3 Å². The predicted octanol–water partition coefficient (Wildman–Crippen LogP) is 4.79. The molecule has 4 N–H and O–H groups in total. The monoisotopic (exact) mass is 467 g/mol. The molecule has 170 valence electrons. The lowest BCUT2D eigenvalue weighted by atomic mass is 10.0. The molecule has 9 nitrogen and oxygen atoms in total. The zero-order valence-electron chi connectivity index (χ0n) is 18.0. The highest BCUT2D eigenvalue weighted by atomic mass is 35.5. The minimum atomic E-state index is -0.721. The molecule has 0 saturated heterocycles. The van der Waals surface area contributed by atoms with Crippen LogP contribution in [-0.4, -0.2) is 26.9 Å². The van der Waals surface area contributed by atoms with E-state index < -0.39 is 11.7 Å². The number of nitrogens with zero attached hydrogens (tertiary/aromatic N) is 1. The predicted molar refractivity (Wildman–Crippen MR) is 127 cm³/mol. The van der Waals surface area contributed by atoms with E-state index in [4.69, 9.17) is 11.6 Å². The third kappa shape index (κ3) is 4.68. The first kappa shape index (κ1) is 22.3. The number of aromatic nitrogens is 3. The maximum Gasteiger partial charge on any atom is 0.439 e. The molecule has 4 aromatic rings. The number of carbonyl (C=O) groups is 2. The number of nitrogens with one attached hydrogen (secondary N) is 4. The quantitative estimate of drug-likeness (QED) is 0.310. The van der Waals surface area contributed by atoms with Crippen LogP contribution in [0.2, 0.25) is 5.02 Å². The minimum Gasteiger partial charge on any atom is -0.349 e. The highest BCUT2D eigenvalue weighted by molar-refractivity contribution is 6.31. The molecule has 10 heteroatoms. The Morgan fingerprint density at radius 3 is 2.55 bits per heavy atom. The number of hydrogen-bond donors (Lipinski definition) is 4. The third-order valence-corrected chi connectivity index (χ3v) is 5.68. The maximum atomic E-state index is 13.0. The van der Waals surface area contributed by atoms with Crippen molar-refractivity contribution in [2.45, 2.75) is 26.7 Å². The molecule has 0 aliphatic heterocycles. The smallest absolute Gasteiger partial charge is 0.349 e. The lowest BCUT2D eigenvalue weighted by Gasteiger charge is -2.13. The highest BCUT2D eigenvalue weighted by Gasteiger charge is 2.18. The van der Waals surface area contributed by atoms with Crippen LogP contribution in [0, 0.1) is 5.92 Å². The topological polar surface area (TPSA) is 133 Å². The summed E-state index contributed by atoms with van der Waals surface area (Å²) >= 11 is 6.08. The van der Waals surface area contributed by atoms with Gasteiger partial charge in [-0.2, -0.15) is 0 Å². The van der Waals surface area contributed by atoms with Crippen LogP contribution in [-0.2, 0) is 4.79 Å². The number of para-hydroxylation sites is 1. The molecule has 0 fully saturated rings. The zero-order chi connectivity index (χ0) is 23.5. The van der Waals surface area contributed by atoms with Crippen molar-refractivity contribution >= 4 is 45.7 Å². The molecule has 2 heterocycles. The van der Waals surface area contributed by atoms with Crippen LogP contribution in [0.4, 0.5) is 11.4 Å². The molecule has 0 atom stereocenters. The van der Waals surface area contributed by atoms with Crippen molar-refractivity contribution in [2.75, 3.05) is 10.6 Å². The van der Waals surface area contributed by atoms with Crippen LogP contribution in [0.5, 0.6) is 0 Å². The number of anilines is 2. The van der Waals surface area contributed by atoms with E-state index in [0.29, 0.717) is 33.2 Å². The van der Waals surface area contributed by atoms with E-state index in [1.807, 2.05) is 26.0 Å². The molecule has 0 aliphatic carbocycles. The molecule has 2 aromatic heterocycles. The molecule has 2 amide bonds. The molecule has 2 aromatic carbocycles. The second-order valence-corrected chi connectivity index (χ2v) is 7.98. The van der Waals surface area contributed by atoms with Gasteiger partial charge >= 0.3 is 5.76 Å². The van der Waals surface area contributed by atoms with E-state index in [-0.39, 0.29) is 17.6 Å². The van der Waals surface area contributed by atoms with Gasteiger partial charge in [0.1, 0.15) is 5.69 Å². The number of rotatable bonds is 7. The first-order valence-corrected chi connectivity index (χ1v) is 10.9.